The van der Waals surface area contributed by atoms with Crippen molar-refractivity contribution in [1.82, 2.24) is 0 Å². The molecule has 2 unspecified atom stereocenters. The fourth-order valence-corrected chi connectivity index (χ4v) is 2.08. The van der Waals surface area contributed by atoms with Crippen LogP contribution in [0.15, 0.2) is 18.2 Å². The number of nitrogens with zero attached hydrogens (tertiary/aromatic N) is 1. The van der Waals surface area contributed by atoms with Gasteiger partial charge >= 0.3 is 5.69 Å². The summed E-state index contributed by atoms with van der Waals surface area (Å²) in [4.78, 5) is 9.91. The number of aliphatic hydroxyl groups excluding tert-OH is 1. The minimum Gasteiger partial charge on any atom is -0.393 e. The third-order valence-electron chi connectivity index (χ3n) is 3.19. The SMILES string of the molecule is CC(C)C(Cc1cccc([N+](=O)[O-])c1F)C(C)O. The average Bonchev–Trinajstić information content (AvgIpc) is 2.26. The Hall–Kier alpha value is -1.49. The first kappa shape index (κ1) is 14.6. The highest BCUT2D eigenvalue weighted by atomic mass is 19.1. The zero-order valence-electron chi connectivity index (χ0n) is 10.8. The van der Waals surface area contributed by atoms with Gasteiger partial charge in [0.25, 0.3) is 0 Å². The molecule has 4 nitrogen and oxygen atoms in total. The molecule has 0 amide bonds. The van der Waals surface area contributed by atoms with Gasteiger partial charge in [-0.25, -0.2) is 0 Å². The highest BCUT2D eigenvalue weighted by molar-refractivity contribution is 5.37. The average molecular weight is 255 g/mol. The van der Waals surface area contributed by atoms with Crippen molar-refractivity contribution in [1.29, 1.82) is 0 Å². The van der Waals surface area contributed by atoms with Crippen LogP contribution in [0, 0.1) is 27.8 Å². The van der Waals surface area contributed by atoms with Crippen molar-refractivity contribution >= 4 is 5.69 Å². The quantitative estimate of drug-likeness (QED) is 0.650. The predicted octanol–water partition coefficient (Wildman–Crippen LogP) is 2.93. The van der Waals surface area contributed by atoms with Gasteiger partial charge in [0.1, 0.15) is 0 Å². The van der Waals surface area contributed by atoms with E-state index in [1.54, 1.807) is 6.92 Å². The largest absolute Gasteiger partial charge is 0.393 e. The molecule has 0 bridgehead atoms. The Kier molecular flexibility index (Phi) is 4.78. The number of aliphatic hydroxyl groups is 1. The zero-order chi connectivity index (χ0) is 13.9. The number of nitro benzene ring substituents is 1. The molecule has 100 valence electrons. The van der Waals surface area contributed by atoms with Gasteiger partial charge in [0.05, 0.1) is 11.0 Å². The van der Waals surface area contributed by atoms with E-state index in [0.717, 1.165) is 6.07 Å². The molecule has 0 aliphatic rings. The first-order chi connectivity index (χ1) is 8.34. The van der Waals surface area contributed by atoms with E-state index in [1.165, 1.54) is 12.1 Å². The molecule has 0 saturated carbocycles. The maximum Gasteiger partial charge on any atom is 0.305 e. The lowest BCUT2D eigenvalue weighted by atomic mass is 9.85. The van der Waals surface area contributed by atoms with E-state index in [2.05, 4.69) is 0 Å². The Balaban J connectivity index is 3.04. The van der Waals surface area contributed by atoms with E-state index in [9.17, 15) is 19.6 Å². The summed E-state index contributed by atoms with van der Waals surface area (Å²) >= 11 is 0. The van der Waals surface area contributed by atoms with Crippen LogP contribution in [0.4, 0.5) is 10.1 Å². The van der Waals surface area contributed by atoms with Gasteiger partial charge in [0, 0.05) is 6.07 Å². The van der Waals surface area contributed by atoms with E-state index < -0.39 is 22.5 Å². The molecule has 2 atom stereocenters. The summed E-state index contributed by atoms with van der Waals surface area (Å²) < 4.78 is 13.9. The van der Waals surface area contributed by atoms with Crippen molar-refractivity contribution in [3.63, 3.8) is 0 Å². The predicted molar refractivity (Wildman–Crippen MR) is 66.8 cm³/mol. The van der Waals surface area contributed by atoms with Crippen LogP contribution in [0.3, 0.4) is 0 Å². The van der Waals surface area contributed by atoms with Crippen molar-refractivity contribution in [3.8, 4) is 0 Å². The molecule has 0 aromatic heterocycles. The fraction of sp³-hybridized carbons (Fsp3) is 0.538. The Morgan fingerprint density at radius 2 is 2.00 bits per heavy atom. The summed E-state index contributed by atoms with van der Waals surface area (Å²) in [6.45, 7) is 5.53. The number of halogens is 1. The molecule has 1 aromatic carbocycles. The van der Waals surface area contributed by atoms with Crippen molar-refractivity contribution in [3.05, 3.63) is 39.7 Å². The van der Waals surface area contributed by atoms with E-state index in [1.807, 2.05) is 13.8 Å². The summed E-state index contributed by atoms with van der Waals surface area (Å²) in [5.41, 5.74) is -0.232. The van der Waals surface area contributed by atoms with Crippen molar-refractivity contribution < 1.29 is 14.4 Å². The first-order valence-corrected chi connectivity index (χ1v) is 5.94. The monoisotopic (exact) mass is 255 g/mol. The van der Waals surface area contributed by atoms with Gasteiger partial charge in [-0.2, -0.15) is 4.39 Å². The van der Waals surface area contributed by atoms with Crippen LogP contribution >= 0.6 is 0 Å². The second-order valence-corrected chi connectivity index (χ2v) is 4.86. The van der Waals surface area contributed by atoms with Gasteiger partial charge in [-0.1, -0.05) is 26.0 Å². The topological polar surface area (TPSA) is 63.4 Å². The smallest absolute Gasteiger partial charge is 0.305 e. The van der Waals surface area contributed by atoms with E-state index in [-0.39, 0.29) is 17.4 Å². The number of rotatable bonds is 5. The van der Waals surface area contributed by atoms with Crippen molar-refractivity contribution in [2.75, 3.05) is 0 Å². The first-order valence-electron chi connectivity index (χ1n) is 5.94. The molecule has 5 heteroatoms. The molecule has 0 fully saturated rings. The molecule has 1 N–H and O–H groups in total. The molecular formula is C13H18FNO3. The lowest BCUT2D eigenvalue weighted by molar-refractivity contribution is -0.387. The van der Waals surface area contributed by atoms with Gasteiger partial charge in [0.15, 0.2) is 0 Å². The lowest BCUT2D eigenvalue weighted by Gasteiger charge is -2.23. The number of nitro groups is 1. The van der Waals surface area contributed by atoms with Crippen molar-refractivity contribution in [2.24, 2.45) is 11.8 Å². The van der Waals surface area contributed by atoms with Crippen LogP contribution in [-0.4, -0.2) is 16.1 Å². The lowest BCUT2D eigenvalue weighted by Crippen LogP contribution is -2.25. The molecule has 0 aliphatic heterocycles. The summed E-state index contributed by atoms with van der Waals surface area (Å²) in [5.74, 6) is -0.751. The minimum absolute atomic E-state index is 0.124. The maximum absolute atomic E-state index is 13.9. The summed E-state index contributed by atoms with van der Waals surface area (Å²) in [6.07, 6.45) is -0.285. The standard InChI is InChI=1S/C13H18FNO3/c1-8(2)11(9(3)16)7-10-5-4-6-12(13(10)14)15(17)18/h4-6,8-9,11,16H,7H2,1-3H3. The summed E-state index contributed by atoms with van der Waals surface area (Å²) in [7, 11) is 0. The highest BCUT2D eigenvalue weighted by Crippen LogP contribution is 2.26. The third kappa shape index (κ3) is 3.26. The van der Waals surface area contributed by atoms with E-state index in [4.69, 9.17) is 0 Å². The number of benzene rings is 1. The Bertz CT molecular complexity index is 424. The van der Waals surface area contributed by atoms with Crippen LogP contribution < -0.4 is 0 Å². The van der Waals surface area contributed by atoms with Crippen LogP contribution in [0.25, 0.3) is 0 Å². The fourth-order valence-electron chi connectivity index (χ4n) is 2.08. The highest BCUT2D eigenvalue weighted by Gasteiger charge is 2.24. The van der Waals surface area contributed by atoms with Gasteiger partial charge in [0.2, 0.25) is 5.82 Å². The Morgan fingerprint density at radius 3 is 2.44 bits per heavy atom. The van der Waals surface area contributed by atoms with Crippen molar-refractivity contribution in [2.45, 2.75) is 33.3 Å². The molecule has 1 rings (SSSR count). The van der Waals surface area contributed by atoms with Gasteiger partial charge < -0.3 is 5.11 Å². The normalized spacial score (nSPS) is 14.6. The molecule has 0 radical (unpaired) electrons. The molecule has 0 spiro atoms. The van der Waals surface area contributed by atoms with Gasteiger partial charge in [-0.3, -0.25) is 10.1 Å². The molecule has 1 aromatic rings. The van der Waals surface area contributed by atoms with Gasteiger partial charge in [-0.05, 0) is 30.7 Å². The summed E-state index contributed by atoms with van der Waals surface area (Å²) in [5, 5.41) is 20.3. The molecule has 18 heavy (non-hydrogen) atoms. The van der Waals surface area contributed by atoms with E-state index >= 15 is 0 Å². The minimum atomic E-state index is -0.797. The summed E-state index contributed by atoms with van der Waals surface area (Å²) in [6, 6.07) is 4.14. The van der Waals surface area contributed by atoms with E-state index in [0.29, 0.717) is 6.42 Å². The number of hydrogen-bond donors (Lipinski definition) is 1. The van der Waals surface area contributed by atoms with Gasteiger partial charge in [-0.15, -0.1) is 0 Å². The second kappa shape index (κ2) is 5.91. The molecular weight excluding hydrogens is 237 g/mol. The zero-order valence-corrected chi connectivity index (χ0v) is 10.8. The van der Waals surface area contributed by atoms with Crippen LogP contribution in [0.1, 0.15) is 26.3 Å². The maximum atomic E-state index is 13.9. The number of hydrogen-bond acceptors (Lipinski definition) is 3. The van der Waals surface area contributed by atoms with Crippen LogP contribution in [0.5, 0.6) is 0 Å². The Labute approximate surface area is 106 Å². The second-order valence-electron chi connectivity index (χ2n) is 4.86. The molecule has 0 saturated heterocycles. The molecule has 0 heterocycles. The molecule has 0 aliphatic carbocycles. The van der Waals surface area contributed by atoms with Crippen LogP contribution in [-0.2, 0) is 6.42 Å². The third-order valence-corrected chi connectivity index (χ3v) is 3.19. The Morgan fingerprint density at radius 1 is 1.39 bits per heavy atom. The van der Waals surface area contributed by atoms with Crippen LogP contribution in [0.2, 0.25) is 0 Å².